The van der Waals surface area contributed by atoms with Crippen molar-refractivity contribution in [1.29, 1.82) is 0 Å². The molecule has 1 fully saturated rings. The minimum atomic E-state index is -3.09. The highest BCUT2D eigenvalue weighted by atomic mass is 19.3. The van der Waals surface area contributed by atoms with Crippen molar-refractivity contribution in [2.75, 3.05) is 32.8 Å². The highest BCUT2D eigenvalue weighted by molar-refractivity contribution is 5.81. The number of amides is 1. The predicted octanol–water partition coefficient (Wildman–Crippen LogP) is 0.598. The molecule has 1 aliphatic rings. The van der Waals surface area contributed by atoms with Gasteiger partial charge in [0.15, 0.2) is 0 Å². The average Bonchev–Trinajstić information content (AvgIpc) is 2.54. The topological polar surface area (TPSA) is 67.6 Å². The molecule has 1 saturated heterocycles. The van der Waals surface area contributed by atoms with E-state index in [0.717, 1.165) is 5.56 Å². The van der Waals surface area contributed by atoms with Crippen LogP contribution in [-0.2, 0) is 16.1 Å². The van der Waals surface area contributed by atoms with Crippen molar-refractivity contribution < 1.29 is 18.3 Å². The Hall–Kier alpha value is -1.57. The molecule has 1 amide bonds. The van der Waals surface area contributed by atoms with E-state index >= 15 is 0 Å². The van der Waals surface area contributed by atoms with Crippen LogP contribution in [-0.4, -0.2) is 55.6 Å². The zero-order valence-corrected chi connectivity index (χ0v) is 12.3. The highest BCUT2D eigenvalue weighted by Gasteiger charge is 2.31. The summed E-state index contributed by atoms with van der Waals surface area (Å²) < 4.78 is 31.5. The van der Waals surface area contributed by atoms with Crippen LogP contribution in [0.1, 0.15) is 5.56 Å². The molecule has 5 nitrogen and oxygen atoms in total. The number of morpholine rings is 1. The zero-order valence-electron chi connectivity index (χ0n) is 12.3. The summed E-state index contributed by atoms with van der Waals surface area (Å²) in [6.07, 6.45) is -0.731. The summed E-state index contributed by atoms with van der Waals surface area (Å²) in [6, 6.07) is 9.86. The first-order valence-corrected chi connectivity index (χ1v) is 7.24. The first-order chi connectivity index (χ1) is 10.5. The maximum absolute atomic E-state index is 13.1. The van der Waals surface area contributed by atoms with Gasteiger partial charge in [-0.15, -0.1) is 0 Å². The fraction of sp³-hybridized carbons (Fsp3) is 0.533. The number of carbonyl (C=O) groups excluding carboxylic acids is 1. The lowest BCUT2D eigenvalue weighted by atomic mass is 10.2. The van der Waals surface area contributed by atoms with Crippen molar-refractivity contribution in [3.63, 3.8) is 0 Å². The number of nitrogens with zero attached hydrogens (tertiary/aromatic N) is 1. The minimum absolute atomic E-state index is 0.384. The summed E-state index contributed by atoms with van der Waals surface area (Å²) in [5, 5.41) is 2.21. The normalized spacial score (nSPS) is 19.9. The third-order valence-electron chi connectivity index (χ3n) is 3.51. The molecule has 1 aromatic rings. The second-order valence-electron chi connectivity index (χ2n) is 5.36. The SMILES string of the molecule is NCC(F)(F)CNC(=O)C1CN(Cc2ccccc2)CCO1. The van der Waals surface area contributed by atoms with Gasteiger partial charge < -0.3 is 15.8 Å². The van der Waals surface area contributed by atoms with Crippen molar-refractivity contribution >= 4 is 5.91 Å². The van der Waals surface area contributed by atoms with Gasteiger partial charge in [0.25, 0.3) is 11.8 Å². The van der Waals surface area contributed by atoms with Crippen LogP contribution in [0.5, 0.6) is 0 Å². The van der Waals surface area contributed by atoms with Crippen LogP contribution >= 0.6 is 0 Å². The maximum Gasteiger partial charge on any atom is 0.277 e. The average molecular weight is 313 g/mol. The number of hydrogen-bond donors (Lipinski definition) is 2. The number of ether oxygens (including phenoxy) is 1. The van der Waals surface area contributed by atoms with Gasteiger partial charge in [0.1, 0.15) is 6.10 Å². The van der Waals surface area contributed by atoms with Crippen LogP contribution in [0.15, 0.2) is 30.3 Å². The number of benzene rings is 1. The molecule has 7 heteroatoms. The molecule has 0 aliphatic carbocycles. The van der Waals surface area contributed by atoms with Crippen molar-refractivity contribution in [2.24, 2.45) is 5.73 Å². The van der Waals surface area contributed by atoms with Crippen molar-refractivity contribution in [3.05, 3.63) is 35.9 Å². The van der Waals surface area contributed by atoms with E-state index in [1.54, 1.807) is 0 Å². The fourth-order valence-electron chi connectivity index (χ4n) is 2.25. The van der Waals surface area contributed by atoms with Crippen LogP contribution in [0, 0.1) is 0 Å². The number of rotatable bonds is 6. The Morgan fingerprint density at radius 1 is 1.41 bits per heavy atom. The third-order valence-corrected chi connectivity index (χ3v) is 3.51. The van der Waals surface area contributed by atoms with E-state index in [4.69, 9.17) is 10.5 Å². The summed E-state index contributed by atoms with van der Waals surface area (Å²) >= 11 is 0. The second kappa shape index (κ2) is 7.62. The van der Waals surface area contributed by atoms with Gasteiger partial charge in [-0.25, -0.2) is 8.78 Å². The number of halogens is 2. The van der Waals surface area contributed by atoms with E-state index in [1.165, 1.54) is 0 Å². The Morgan fingerprint density at radius 2 is 2.14 bits per heavy atom. The third kappa shape index (κ3) is 5.01. The lowest BCUT2D eigenvalue weighted by molar-refractivity contribution is -0.140. The van der Waals surface area contributed by atoms with Gasteiger partial charge >= 0.3 is 0 Å². The van der Waals surface area contributed by atoms with Gasteiger partial charge in [-0.3, -0.25) is 9.69 Å². The molecule has 1 atom stereocenters. The van der Waals surface area contributed by atoms with Gasteiger partial charge in [0, 0.05) is 19.6 Å². The molecule has 0 spiro atoms. The second-order valence-corrected chi connectivity index (χ2v) is 5.36. The lowest BCUT2D eigenvalue weighted by Crippen LogP contribution is -2.52. The van der Waals surface area contributed by atoms with Gasteiger partial charge in [-0.1, -0.05) is 30.3 Å². The molecule has 0 saturated carbocycles. The Bertz CT molecular complexity index is 485. The summed E-state index contributed by atoms with van der Waals surface area (Å²) in [7, 11) is 0. The van der Waals surface area contributed by atoms with Gasteiger partial charge in [0.05, 0.1) is 19.7 Å². The molecule has 0 radical (unpaired) electrons. The lowest BCUT2D eigenvalue weighted by Gasteiger charge is -2.32. The minimum Gasteiger partial charge on any atom is -0.366 e. The Morgan fingerprint density at radius 3 is 2.82 bits per heavy atom. The first-order valence-electron chi connectivity index (χ1n) is 7.24. The van der Waals surface area contributed by atoms with E-state index in [1.807, 2.05) is 30.3 Å². The molecule has 2 rings (SSSR count). The smallest absolute Gasteiger partial charge is 0.277 e. The largest absolute Gasteiger partial charge is 0.366 e. The maximum atomic E-state index is 13.1. The number of hydrogen-bond acceptors (Lipinski definition) is 4. The van der Waals surface area contributed by atoms with E-state index in [2.05, 4.69) is 10.2 Å². The molecule has 3 N–H and O–H groups in total. The molecule has 1 unspecified atom stereocenters. The highest BCUT2D eigenvalue weighted by Crippen LogP contribution is 2.12. The Balaban J connectivity index is 1.83. The zero-order chi connectivity index (χ0) is 16.0. The van der Waals surface area contributed by atoms with Crippen LogP contribution in [0.25, 0.3) is 0 Å². The monoisotopic (exact) mass is 313 g/mol. The summed E-state index contributed by atoms with van der Waals surface area (Å²) in [4.78, 5) is 14.0. The molecule has 1 aromatic carbocycles. The van der Waals surface area contributed by atoms with Gasteiger partial charge in [-0.2, -0.15) is 0 Å². The Kier molecular flexibility index (Phi) is 5.82. The quantitative estimate of drug-likeness (QED) is 0.807. The summed E-state index contributed by atoms with van der Waals surface area (Å²) in [5.41, 5.74) is 6.08. The first kappa shape index (κ1) is 16.8. The van der Waals surface area contributed by atoms with Gasteiger partial charge in [0.2, 0.25) is 0 Å². The molecular weight excluding hydrogens is 292 g/mol. The number of alkyl halides is 2. The molecule has 122 valence electrons. The summed E-state index contributed by atoms with van der Waals surface area (Å²) in [6.45, 7) is 0.636. The molecule has 22 heavy (non-hydrogen) atoms. The van der Waals surface area contributed by atoms with E-state index in [9.17, 15) is 13.6 Å². The van der Waals surface area contributed by atoms with Crippen molar-refractivity contribution in [1.82, 2.24) is 10.2 Å². The van der Waals surface area contributed by atoms with Crippen LogP contribution < -0.4 is 11.1 Å². The van der Waals surface area contributed by atoms with Crippen molar-refractivity contribution in [2.45, 2.75) is 18.6 Å². The number of nitrogens with one attached hydrogen (secondary N) is 1. The van der Waals surface area contributed by atoms with E-state index in [0.29, 0.717) is 26.2 Å². The van der Waals surface area contributed by atoms with Crippen LogP contribution in [0.2, 0.25) is 0 Å². The van der Waals surface area contributed by atoms with Crippen LogP contribution in [0.4, 0.5) is 8.78 Å². The number of nitrogens with two attached hydrogens (primary N) is 1. The van der Waals surface area contributed by atoms with Crippen molar-refractivity contribution in [3.8, 4) is 0 Å². The molecule has 1 aliphatic heterocycles. The fourth-order valence-corrected chi connectivity index (χ4v) is 2.25. The van der Waals surface area contributed by atoms with E-state index in [-0.39, 0.29) is 0 Å². The molecule has 0 bridgehead atoms. The van der Waals surface area contributed by atoms with Crippen LogP contribution in [0.3, 0.4) is 0 Å². The summed E-state index contributed by atoms with van der Waals surface area (Å²) in [5.74, 6) is -3.61. The predicted molar refractivity (Wildman–Crippen MR) is 78.5 cm³/mol. The molecule has 0 aromatic heterocycles. The number of carbonyl (C=O) groups is 1. The van der Waals surface area contributed by atoms with Gasteiger partial charge in [-0.05, 0) is 5.56 Å². The molecular formula is C15H21F2N3O2. The Labute approximate surface area is 128 Å². The standard InChI is InChI=1S/C15H21F2N3O2/c16-15(17,10-18)11-19-14(21)13-9-20(6-7-22-13)8-12-4-2-1-3-5-12/h1-5,13H,6-11,18H2,(H,19,21). The molecule has 1 heterocycles. The van der Waals surface area contributed by atoms with E-state index < -0.39 is 31.0 Å².